The van der Waals surface area contributed by atoms with Gasteiger partial charge >= 0.3 is 0 Å². The first-order valence-electron chi connectivity index (χ1n) is 5.30. The van der Waals surface area contributed by atoms with Crippen molar-refractivity contribution in [3.8, 4) is 11.1 Å². The third kappa shape index (κ3) is 2.91. The third-order valence-electron chi connectivity index (χ3n) is 2.63. The van der Waals surface area contributed by atoms with Gasteiger partial charge in [-0.15, -0.1) is 0 Å². The second-order valence-corrected chi connectivity index (χ2v) is 4.57. The smallest absolute Gasteiger partial charge is 0.252 e. The zero-order valence-corrected chi connectivity index (χ0v) is 10.8. The van der Waals surface area contributed by atoms with E-state index in [0.29, 0.717) is 11.1 Å². The first-order valence-corrected chi connectivity index (χ1v) is 6.12. The molecule has 0 aliphatic carbocycles. The van der Waals surface area contributed by atoms with Crippen LogP contribution in [0.15, 0.2) is 48.5 Å². The molecule has 2 nitrogen and oxygen atoms in total. The van der Waals surface area contributed by atoms with Gasteiger partial charge in [-0.2, -0.15) is 0 Å². The standard InChI is InChI=1S/C14H10Cl2O2/c15-13(17)11-5-1-9(2-6-11)10-3-7-12(8-4-10)14(16)18/h1-8,13,17H. The summed E-state index contributed by atoms with van der Waals surface area (Å²) in [4.78, 5) is 10.9. The molecule has 0 fully saturated rings. The van der Waals surface area contributed by atoms with Crippen molar-refractivity contribution in [2.45, 2.75) is 5.56 Å². The maximum Gasteiger partial charge on any atom is 0.252 e. The molecule has 92 valence electrons. The normalized spacial score (nSPS) is 12.2. The summed E-state index contributed by atoms with van der Waals surface area (Å²) in [5.74, 6) is 0. The molecule has 1 unspecified atom stereocenters. The van der Waals surface area contributed by atoms with Crippen molar-refractivity contribution in [3.05, 3.63) is 59.7 Å². The van der Waals surface area contributed by atoms with Gasteiger partial charge in [-0.05, 0) is 40.4 Å². The number of alkyl halides is 1. The number of aliphatic hydroxyl groups is 1. The van der Waals surface area contributed by atoms with Crippen LogP contribution in [0, 0.1) is 0 Å². The highest BCUT2D eigenvalue weighted by atomic mass is 35.5. The van der Waals surface area contributed by atoms with E-state index in [1.54, 1.807) is 24.3 Å². The van der Waals surface area contributed by atoms with Gasteiger partial charge in [-0.25, -0.2) is 0 Å². The number of carbonyl (C=O) groups is 1. The van der Waals surface area contributed by atoms with E-state index in [1.807, 2.05) is 24.3 Å². The topological polar surface area (TPSA) is 37.3 Å². The Bertz CT molecular complexity index is 545. The Hall–Kier alpha value is -1.35. The molecule has 0 bridgehead atoms. The predicted octanol–water partition coefficient (Wildman–Crippen LogP) is 3.96. The van der Waals surface area contributed by atoms with Crippen molar-refractivity contribution in [3.63, 3.8) is 0 Å². The van der Waals surface area contributed by atoms with Gasteiger partial charge in [0.15, 0.2) is 5.56 Å². The van der Waals surface area contributed by atoms with Gasteiger partial charge in [0.2, 0.25) is 0 Å². The van der Waals surface area contributed by atoms with Gasteiger partial charge in [-0.1, -0.05) is 48.0 Å². The van der Waals surface area contributed by atoms with Gasteiger partial charge in [-0.3, -0.25) is 4.79 Å². The van der Waals surface area contributed by atoms with Crippen LogP contribution >= 0.6 is 23.2 Å². The average molecular weight is 281 g/mol. The van der Waals surface area contributed by atoms with Crippen molar-refractivity contribution in [2.24, 2.45) is 0 Å². The molecule has 2 rings (SSSR count). The van der Waals surface area contributed by atoms with E-state index in [9.17, 15) is 9.90 Å². The van der Waals surface area contributed by atoms with Crippen LogP contribution in [0.4, 0.5) is 0 Å². The minimum Gasteiger partial charge on any atom is -0.373 e. The van der Waals surface area contributed by atoms with E-state index < -0.39 is 10.8 Å². The van der Waals surface area contributed by atoms with Crippen molar-refractivity contribution in [1.29, 1.82) is 0 Å². The van der Waals surface area contributed by atoms with Crippen molar-refractivity contribution < 1.29 is 9.90 Å². The highest BCUT2D eigenvalue weighted by Crippen LogP contribution is 2.24. The number of aliphatic hydroxyl groups excluding tert-OH is 1. The van der Waals surface area contributed by atoms with Crippen molar-refractivity contribution in [2.75, 3.05) is 0 Å². The largest absolute Gasteiger partial charge is 0.373 e. The van der Waals surface area contributed by atoms with Gasteiger partial charge in [0, 0.05) is 5.56 Å². The molecule has 1 atom stereocenters. The molecule has 0 amide bonds. The molecule has 4 heteroatoms. The zero-order valence-electron chi connectivity index (χ0n) is 9.31. The lowest BCUT2D eigenvalue weighted by molar-refractivity contribution is 0.108. The van der Waals surface area contributed by atoms with Crippen molar-refractivity contribution in [1.82, 2.24) is 0 Å². The van der Waals surface area contributed by atoms with Gasteiger partial charge in [0.1, 0.15) is 0 Å². The average Bonchev–Trinajstić information content (AvgIpc) is 2.39. The van der Waals surface area contributed by atoms with E-state index in [-0.39, 0.29) is 0 Å². The second-order valence-electron chi connectivity index (χ2n) is 3.81. The lowest BCUT2D eigenvalue weighted by Crippen LogP contribution is -1.89. The fourth-order valence-corrected chi connectivity index (χ4v) is 1.90. The molecule has 2 aromatic rings. The van der Waals surface area contributed by atoms with Crippen LogP contribution in [0.5, 0.6) is 0 Å². The molecule has 0 aromatic heterocycles. The predicted molar refractivity (Wildman–Crippen MR) is 72.9 cm³/mol. The summed E-state index contributed by atoms with van der Waals surface area (Å²) in [6.45, 7) is 0. The highest BCUT2D eigenvalue weighted by Gasteiger charge is 2.05. The summed E-state index contributed by atoms with van der Waals surface area (Å²) in [5.41, 5.74) is 2.06. The van der Waals surface area contributed by atoms with Gasteiger partial charge in [0.05, 0.1) is 0 Å². The molecule has 0 saturated heterocycles. The molecule has 18 heavy (non-hydrogen) atoms. The van der Waals surface area contributed by atoms with Crippen LogP contribution < -0.4 is 0 Å². The molecule has 2 aromatic carbocycles. The zero-order chi connectivity index (χ0) is 13.1. The molecular weight excluding hydrogens is 271 g/mol. The Morgan fingerprint density at radius 1 is 0.944 bits per heavy atom. The molecule has 0 saturated carbocycles. The molecule has 0 heterocycles. The number of hydrogen-bond donors (Lipinski definition) is 1. The Kier molecular flexibility index (Phi) is 4.02. The van der Waals surface area contributed by atoms with Crippen LogP contribution in [0.1, 0.15) is 21.5 Å². The minimum absolute atomic E-state index is 0.466. The van der Waals surface area contributed by atoms with E-state index in [1.165, 1.54) is 0 Å². The van der Waals surface area contributed by atoms with Gasteiger partial charge in [0.25, 0.3) is 5.24 Å². The number of carbonyl (C=O) groups excluding carboxylic acids is 1. The maximum absolute atomic E-state index is 10.9. The second kappa shape index (κ2) is 5.53. The summed E-state index contributed by atoms with van der Waals surface area (Å²) < 4.78 is 0. The molecule has 1 N–H and O–H groups in total. The first kappa shape index (κ1) is 13.1. The SMILES string of the molecule is O=C(Cl)c1ccc(-c2ccc(C(O)Cl)cc2)cc1. The molecular formula is C14H10Cl2O2. The molecule has 0 spiro atoms. The Labute approximate surface area is 115 Å². The van der Waals surface area contributed by atoms with Crippen LogP contribution in [0.3, 0.4) is 0 Å². The fourth-order valence-electron chi connectivity index (χ4n) is 1.63. The summed E-state index contributed by atoms with van der Waals surface area (Å²) in [6, 6.07) is 14.2. The lowest BCUT2D eigenvalue weighted by atomic mass is 10.0. The van der Waals surface area contributed by atoms with Crippen LogP contribution in [0.2, 0.25) is 0 Å². The van der Waals surface area contributed by atoms with E-state index in [2.05, 4.69) is 0 Å². The molecule has 0 aliphatic rings. The van der Waals surface area contributed by atoms with E-state index in [4.69, 9.17) is 23.2 Å². The number of halogens is 2. The maximum atomic E-state index is 10.9. The number of rotatable bonds is 3. The highest BCUT2D eigenvalue weighted by molar-refractivity contribution is 6.67. The summed E-state index contributed by atoms with van der Waals surface area (Å²) >= 11 is 10.9. The molecule has 0 aliphatic heterocycles. The number of hydrogen-bond acceptors (Lipinski definition) is 2. The number of benzene rings is 2. The van der Waals surface area contributed by atoms with Gasteiger partial charge < -0.3 is 5.11 Å². The fraction of sp³-hybridized carbons (Fsp3) is 0.0714. The van der Waals surface area contributed by atoms with E-state index >= 15 is 0 Å². The quantitative estimate of drug-likeness (QED) is 0.683. The Balaban J connectivity index is 2.28. The Morgan fingerprint density at radius 2 is 1.39 bits per heavy atom. The summed E-state index contributed by atoms with van der Waals surface area (Å²) in [7, 11) is 0. The van der Waals surface area contributed by atoms with Crippen LogP contribution in [-0.4, -0.2) is 10.3 Å². The molecule has 0 radical (unpaired) electrons. The van der Waals surface area contributed by atoms with E-state index in [0.717, 1.165) is 11.1 Å². The first-order chi connectivity index (χ1) is 8.58. The van der Waals surface area contributed by atoms with Crippen LogP contribution in [-0.2, 0) is 0 Å². The Morgan fingerprint density at radius 3 is 1.78 bits per heavy atom. The monoisotopic (exact) mass is 280 g/mol. The summed E-state index contributed by atoms with van der Waals surface area (Å²) in [5, 5.41) is 8.73. The minimum atomic E-state index is -0.990. The van der Waals surface area contributed by atoms with Crippen LogP contribution in [0.25, 0.3) is 11.1 Å². The third-order valence-corrected chi connectivity index (χ3v) is 3.10. The summed E-state index contributed by atoms with van der Waals surface area (Å²) in [6.07, 6.45) is 0. The lowest BCUT2D eigenvalue weighted by Gasteiger charge is -2.05. The van der Waals surface area contributed by atoms with Crippen molar-refractivity contribution >= 4 is 28.4 Å².